The molecule has 0 spiro atoms. The second-order valence-electron chi connectivity index (χ2n) is 5.26. The molecule has 114 valence electrons. The van der Waals surface area contributed by atoms with Crippen molar-refractivity contribution in [1.82, 2.24) is 14.9 Å². The molecule has 0 saturated heterocycles. The quantitative estimate of drug-likeness (QED) is 0.364. The summed E-state index contributed by atoms with van der Waals surface area (Å²) in [7, 11) is 2.16. The summed E-state index contributed by atoms with van der Waals surface area (Å²) in [5.74, 6) is 7.04. The third kappa shape index (κ3) is 4.94. The highest BCUT2D eigenvalue weighted by atomic mass is 15.3. The fraction of sp³-hybridized carbons (Fsp3) is 0.714. The zero-order valence-corrected chi connectivity index (χ0v) is 13.1. The standard InChI is InChI=1S/C14H28N6/c1-5-12-13(17-10-18-14(12)19-15)16-8-6-7-9-20(4)11(2)3/h10-11H,5-9,15H2,1-4H3,(H2,16,17,18,19). The Labute approximate surface area is 122 Å². The van der Waals surface area contributed by atoms with Crippen molar-refractivity contribution in [3.8, 4) is 0 Å². The monoisotopic (exact) mass is 280 g/mol. The van der Waals surface area contributed by atoms with Crippen LogP contribution < -0.4 is 16.6 Å². The largest absolute Gasteiger partial charge is 0.370 e. The number of hydrogen-bond donors (Lipinski definition) is 3. The zero-order chi connectivity index (χ0) is 15.0. The molecule has 20 heavy (non-hydrogen) atoms. The van der Waals surface area contributed by atoms with E-state index in [1.165, 1.54) is 12.7 Å². The van der Waals surface area contributed by atoms with Gasteiger partial charge in [-0.05, 0) is 46.7 Å². The molecule has 1 heterocycles. The molecule has 0 saturated carbocycles. The summed E-state index contributed by atoms with van der Waals surface area (Å²) in [6.45, 7) is 8.55. The highest BCUT2D eigenvalue weighted by molar-refractivity contribution is 5.56. The van der Waals surface area contributed by atoms with Gasteiger partial charge in [0.05, 0.1) is 0 Å². The van der Waals surface area contributed by atoms with Crippen molar-refractivity contribution in [2.75, 3.05) is 30.9 Å². The van der Waals surface area contributed by atoms with Crippen LogP contribution in [0.15, 0.2) is 6.33 Å². The van der Waals surface area contributed by atoms with Gasteiger partial charge in [-0.3, -0.25) is 0 Å². The first-order valence-electron chi connectivity index (χ1n) is 7.34. The van der Waals surface area contributed by atoms with Crippen LogP contribution in [0.5, 0.6) is 0 Å². The van der Waals surface area contributed by atoms with Crippen LogP contribution in [0.25, 0.3) is 0 Å². The minimum atomic E-state index is 0.606. The van der Waals surface area contributed by atoms with E-state index >= 15 is 0 Å². The summed E-state index contributed by atoms with van der Waals surface area (Å²) in [5, 5.41) is 3.38. The van der Waals surface area contributed by atoms with E-state index in [-0.39, 0.29) is 0 Å². The van der Waals surface area contributed by atoms with Crippen LogP contribution >= 0.6 is 0 Å². The normalized spacial score (nSPS) is 11.2. The van der Waals surface area contributed by atoms with E-state index in [0.29, 0.717) is 11.9 Å². The molecule has 6 nitrogen and oxygen atoms in total. The Morgan fingerprint density at radius 3 is 2.55 bits per heavy atom. The van der Waals surface area contributed by atoms with Crippen LogP contribution in [0, 0.1) is 0 Å². The second-order valence-corrected chi connectivity index (χ2v) is 5.26. The maximum atomic E-state index is 5.46. The lowest BCUT2D eigenvalue weighted by Crippen LogP contribution is -2.27. The highest BCUT2D eigenvalue weighted by Crippen LogP contribution is 2.19. The number of nitrogens with one attached hydrogen (secondary N) is 2. The Balaban J connectivity index is 2.39. The number of nitrogen functional groups attached to an aromatic ring is 1. The van der Waals surface area contributed by atoms with Gasteiger partial charge < -0.3 is 15.6 Å². The lowest BCUT2D eigenvalue weighted by Gasteiger charge is -2.20. The van der Waals surface area contributed by atoms with Gasteiger partial charge in [0.15, 0.2) is 0 Å². The van der Waals surface area contributed by atoms with E-state index in [4.69, 9.17) is 5.84 Å². The van der Waals surface area contributed by atoms with E-state index in [0.717, 1.165) is 37.3 Å². The minimum Gasteiger partial charge on any atom is -0.370 e. The predicted molar refractivity (Wildman–Crippen MR) is 84.7 cm³/mol. The Morgan fingerprint density at radius 2 is 1.95 bits per heavy atom. The van der Waals surface area contributed by atoms with Gasteiger partial charge in [-0.15, -0.1) is 0 Å². The Kier molecular flexibility index (Phi) is 7.25. The minimum absolute atomic E-state index is 0.606. The molecule has 0 aromatic carbocycles. The van der Waals surface area contributed by atoms with E-state index in [1.54, 1.807) is 0 Å². The summed E-state index contributed by atoms with van der Waals surface area (Å²) in [5.41, 5.74) is 3.65. The van der Waals surface area contributed by atoms with Gasteiger partial charge in [-0.25, -0.2) is 15.8 Å². The molecule has 1 rings (SSSR count). The lowest BCUT2D eigenvalue weighted by atomic mass is 10.2. The number of nitrogens with two attached hydrogens (primary N) is 1. The number of rotatable bonds is 9. The molecule has 0 atom stereocenters. The Morgan fingerprint density at radius 1 is 1.25 bits per heavy atom. The van der Waals surface area contributed by atoms with Crippen LogP contribution in [0.4, 0.5) is 11.6 Å². The van der Waals surface area contributed by atoms with Crippen molar-refractivity contribution in [2.45, 2.75) is 46.1 Å². The summed E-state index contributed by atoms with van der Waals surface area (Å²) in [6, 6.07) is 0.606. The summed E-state index contributed by atoms with van der Waals surface area (Å²) >= 11 is 0. The van der Waals surface area contributed by atoms with E-state index in [2.05, 4.69) is 53.4 Å². The average molecular weight is 280 g/mol. The number of hydrazine groups is 1. The molecule has 6 heteroatoms. The molecule has 0 amide bonds. The van der Waals surface area contributed by atoms with Crippen molar-refractivity contribution in [2.24, 2.45) is 5.84 Å². The molecule has 0 aliphatic heterocycles. The third-order valence-electron chi connectivity index (χ3n) is 3.55. The van der Waals surface area contributed by atoms with Crippen LogP contribution in [-0.2, 0) is 6.42 Å². The molecule has 0 radical (unpaired) electrons. The Hall–Kier alpha value is -1.40. The number of aromatic nitrogens is 2. The van der Waals surface area contributed by atoms with Gasteiger partial charge in [0.25, 0.3) is 0 Å². The van der Waals surface area contributed by atoms with Gasteiger partial charge in [0.1, 0.15) is 18.0 Å². The Bertz CT molecular complexity index is 393. The summed E-state index contributed by atoms with van der Waals surface area (Å²) in [6.07, 6.45) is 4.67. The van der Waals surface area contributed by atoms with E-state index < -0.39 is 0 Å². The van der Waals surface area contributed by atoms with Gasteiger partial charge >= 0.3 is 0 Å². The average Bonchev–Trinajstić information content (AvgIpc) is 2.45. The molecule has 4 N–H and O–H groups in total. The molecule has 0 aliphatic carbocycles. The van der Waals surface area contributed by atoms with Crippen molar-refractivity contribution in [3.05, 3.63) is 11.9 Å². The van der Waals surface area contributed by atoms with Gasteiger partial charge in [-0.2, -0.15) is 0 Å². The summed E-state index contributed by atoms with van der Waals surface area (Å²) < 4.78 is 0. The van der Waals surface area contributed by atoms with Crippen LogP contribution in [0.3, 0.4) is 0 Å². The van der Waals surface area contributed by atoms with Crippen molar-refractivity contribution in [3.63, 3.8) is 0 Å². The molecule has 1 aromatic heterocycles. The smallest absolute Gasteiger partial charge is 0.148 e. The molecule has 1 aromatic rings. The zero-order valence-electron chi connectivity index (χ0n) is 13.1. The molecule has 0 fully saturated rings. The topological polar surface area (TPSA) is 79.1 Å². The van der Waals surface area contributed by atoms with Crippen LogP contribution in [-0.4, -0.2) is 41.0 Å². The molecule has 0 bridgehead atoms. The molecular formula is C14H28N6. The van der Waals surface area contributed by atoms with Gasteiger partial charge in [0, 0.05) is 18.2 Å². The van der Waals surface area contributed by atoms with Crippen LogP contribution in [0.2, 0.25) is 0 Å². The first-order valence-corrected chi connectivity index (χ1v) is 7.34. The number of nitrogens with zero attached hydrogens (tertiary/aromatic N) is 3. The maximum Gasteiger partial charge on any atom is 0.148 e. The van der Waals surface area contributed by atoms with Gasteiger partial charge in [0.2, 0.25) is 0 Å². The van der Waals surface area contributed by atoms with Gasteiger partial charge in [-0.1, -0.05) is 6.92 Å². The predicted octanol–water partition coefficient (Wildman–Crippen LogP) is 1.86. The molecule has 0 aliphatic rings. The van der Waals surface area contributed by atoms with Crippen molar-refractivity contribution >= 4 is 11.6 Å². The fourth-order valence-electron chi connectivity index (χ4n) is 1.98. The fourth-order valence-corrected chi connectivity index (χ4v) is 1.98. The SMILES string of the molecule is CCc1c(NN)ncnc1NCCCCN(C)C(C)C. The highest BCUT2D eigenvalue weighted by Gasteiger charge is 2.08. The molecule has 0 unspecified atom stereocenters. The number of unbranched alkanes of at least 4 members (excludes halogenated alkanes) is 1. The third-order valence-corrected chi connectivity index (χ3v) is 3.55. The van der Waals surface area contributed by atoms with E-state index in [1.807, 2.05) is 0 Å². The number of hydrogen-bond acceptors (Lipinski definition) is 6. The first-order chi connectivity index (χ1) is 9.60. The number of anilines is 2. The maximum absolute atomic E-state index is 5.46. The second kappa shape index (κ2) is 8.71. The van der Waals surface area contributed by atoms with Crippen LogP contribution in [0.1, 0.15) is 39.2 Å². The lowest BCUT2D eigenvalue weighted by molar-refractivity contribution is 0.269. The van der Waals surface area contributed by atoms with Crippen molar-refractivity contribution in [1.29, 1.82) is 0 Å². The van der Waals surface area contributed by atoms with E-state index in [9.17, 15) is 0 Å². The summed E-state index contributed by atoms with van der Waals surface area (Å²) in [4.78, 5) is 10.8. The van der Waals surface area contributed by atoms with Crippen molar-refractivity contribution < 1.29 is 0 Å². The molecular weight excluding hydrogens is 252 g/mol. The first kappa shape index (κ1) is 16.7.